The molecule has 1 N–H and O–H groups in total. The second-order valence-electron chi connectivity index (χ2n) is 3.41. The van der Waals surface area contributed by atoms with Crippen LogP contribution in [0.2, 0.25) is 0 Å². The Hall–Kier alpha value is -1.62. The first-order chi connectivity index (χ1) is 7.33. The van der Waals surface area contributed by atoms with E-state index in [1.807, 2.05) is 18.2 Å². The van der Waals surface area contributed by atoms with E-state index in [9.17, 15) is 4.79 Å². The van der Waals surface area contributed by atoms with Crippen molar-refractivity contribution in [1.29, 1.82) is 0 Å². The zero-order chi connectivity index (χ0) is 10.3. The molecule has 3 rings (SSSR count). The van der Waals surface area contributed by atoms with Crippen molar-refractivity contribution in [2.24, 2.45) is 0 Å². The summed E-state index contributed by atoms with van der Waals surface area (Å²) in [5.74, 6) is 1.46. The van der Waals surface area contributed by atoms with E-state index in [1.165, 1.54) is 0 Å². The predicted molar refractivity (Wildman–Crippen MR) is 57.0 cm³/mol. The molecular weight excluding hydrogens is 234 g/mol. The minimum Gasteiger partial charge on any atom is -0.454 e. The highest BCUT2D eigenvalue weighted by molar-refractivity contribution is 5.85. The fraction of sp³-hybridized carbons (Fsp3) is 0.300. The Labute approximate surface area is 98.1 Å². The predicted octanol–water partition coefficient (Wildman–Crippen LogP) is 1.62. The summed E-state index contributed by atoms with van der Waals surface area (Å²) in [6.07, 6.45) is -0.377. The Bertz CT molecular complexity index is 423. The number of carbonyl (C=O) groups is 1. The van der Waals surface area contributed by atoms with Gasteiger partial charge in [0.25, 0.3) is 0 Å². The van der Waals surface area contributed by atoms with E-state index in [0.29, 0.717) is 12.4 Å². The number of amides is 1. The molecular formula is C10H10ClNO4. The lowest BCUT2D eigenvalue weighted by Crippen LogP contribution is -2.18. The molecule has 0 unspecified atom stereocenters. The quantitative estimate of drug-likeness (QED) is 0.814. The van der Waals surface area contributed by atoms with Gasteiger partial charge in [0.1, 0.15) is 6.61 Å². The average molecular weight is 244 g/mol. The molecule has 2 aliphatic heterocycles. The Morgan fingerprint density at radius 2 is 2.00 bits per heavy atom. The molecule has 0 aliphatic carbocycles. The van der Waals surface area contributed by atoms with Crippen molar-refractivity contribution in [3.8, 4) is 11.5 Å². The molecule has 1 amide bonds. The van der Waals surface area contributed by atoms with E-state index < -0.39 is 0 Å². The first-order valence-electron chi connectivity index (χ1n) is 4.66. The van der Waals surface area contributed by atoms with Crippen LogP contribution < -0.4 is 14.8 Å². The van der Waals surface area contributed by atoms with E-state index in [-0.39, 0.29) is 31.3 Å². The normalized spacial score (nSPS) is 21.0. The highest BCUT2D eigenvalue weighted by Crippen LogP contribution is 2.34. The topological polar surface area (TPSA) is 56.8 Å². The number of fused-ring (bicyclic) bond motifs is 1. The highest BCUT2D eigenvalue weighted by Gasteiger charge is 2.25. The minimum atomic E-state index is -0.377. The number of ether oxygens (including phenoxy) is 3. The largest absolute Gasteiger partial charge is 0.454 e. The molecule has 1 atom stereocenters. The Morgan fingerprint density at radius 1 is 1.19 bits per heavy atom. The molecule has 1 saturated heterocycles. The molecule has 16 heavy (non-hydrogen) atoms. The molecule has 86 valence electrons. The van der Waals surface area contributed by atoms with Gasteiger partial charge in [-0.2, -0.15) is 0 Å². The van der Waals surface area contributed by atoms with Crippen LogP contribution in [-0.4, -0.2) is 19.5 Å². The first kappa shape index (κ1) is 10.9. The molecule has 1 aromatic rings. The van der Waals surface area contributed by atoms with Crippen LogP contribution in [0.5, 0.6) is 11.5 Å². The maximum absolute atomic E-state index is 10.9. The van der Waals surface area contributed by atoms with Crippen molar-refractivity contribution < 1.29 is 19.0 Å². The fourth-order valence-corrected chi connectivity index (χ4v) is 1.69. The lowest BCUT2D eigenvalue weighted by Gasteiger charge is -2.07. The third kappa shape index (κ3) is 1.74. The number of nitrogens with one attached hydrogen (secondary N) is 1. The highest BCUT2D eigenvalue weighted by atomic mass is 35.5. The van der Waals surface area contributed by atoms with Gasteiger partial charge < -0.3 is 19.5 Å². The van der Waals surface area contributed by atoms with Gasteiger partial charge in [0.15, 0.2) is 11.5 Å². The van der Waals surface area contributed by atoms with E-state index in [0.717, 1.165) is 11.3 Å². The van der Waals surface area contributed by atoms with Crippen LogP contribution in [0.1, 0.15) is 11.6 Å². The van der Waals surface area contributed by atoms with Crippen LogP contribution in [0.4, 0.5) is 4.79 Å². The van der Waals surface area contributed by atoms with Crippen molar-refractivity contribution >= 4 is 18.5 Å². The van der Waals surface area contributed by atoms with Crippen LogP contribution in [0, 0.1) is 0 Å². The van der Waals surface area contributed by atoms with Crippen molar-refractivity contribution in [1.82, 2.24) is 5.32 Å². The second-order valence-corrected chi connectivity index (χ2v) is 3.41. The molecule has 2 heterocycles. The van der Waals surface area contributed by atoms with Crippen molar-refractivity contribution in [3.05, 3.63) is 23.8 Å². The second kappa shape index (κ2) is 4.09. The standard InChI is InChI=1S/C10H9NO4.ClH/c12-10-11-7(4-13-10)6-1-2-8-9(3-6)15-5-14-8;/h1-3,7H,4-5H2,(H,11,12);1H/t7-;/m0./s1. The molecule has 1 fully saturated rings. The van der Waals surface area contributed by atoms with Gasteiger partial charge in [-0.05, 0) is 17.7 Å². The number of cyclic esters (lactones) is 1. The van der Waals surface area contributed by atoms with Crippen LogP contribution >= 0.6 is 12.4 Å². The molecule has 0 spiro atoms. The van der Waals surface area contributed by atoms with E-state index in [4.69, 9.17) is 14.2 Å². The number of halogens is 1. The average Bonchev–Trinajstić information content (AvgIpc) is 2.84. The molecule has 0 radical (unpaired) electrons. The smallest absolute Gasteiger partial charge is 0.407 e. The van der Waals surface area contributed by atoms with Gasteiger partial charge in [-0.3, -0.25) is 0 Å². The summed E-state index contributed by atoms with van der Waals surface area (Å²) in [6.45, 7) is 0.616. The number of hydrogen-bond donors (Lipinski definition) is 1. The fourth-order valence-electron chi connectivity index (χ4n) is 1.69. The zero-order valence-electron chi connectivity index (χ0n) is 8.26. The van der Waals surface area contributed by atoms with Gasteiger partial charge in [0, 0.05) is 0 Å². The van der Waals surface area contributed by atoms with Gasteiger partial charge in [0.2, 0.25) is 6.79 Å². The van der Waals surface area contributed by atoms with Crippen LogP contribution in [0.15, 0.2) is 18.2 Å². The molecule has 0 bridgehead atoms. The van der Waals surface area contributed by atoms with Gasteiger partial charge in [-0.15, -0.1) is 12.4 Å². The maximum Gasteiger partial charge on any atom is 0.407 e. The number of benzene rings is 1. The van der Waals surface area contributed by atoms with Gasteiger partial charge in [-0.25, -0.2) is 4.79 Å². The van der Waals surface area contributed by atoms with Crippen molar-refractivity contribution in [2.45, 2.75) is 6.04 Å². The SMILES string of the molecule is Cl.O=C1N[C@H](c2ccc3c(c2)OCO3)CO1. The maximum atomic E-state index is 10.9. The number of alkyl carbamates (subject to hydrolysis) is 1. The summed E-state index contributed by atoms with van der Waals surface area (Å²) in [4.78, 5) is 10.9. The van der Waals surface area contributed by atoms with Crippen molar-refractivity contribution in [2.75, 3.05) is 13.4 Å². The summed E-state index contributed by atoms with van der Waals surface area (Å²) < 4.78 is 15.3. The lowest BCUT2D eigenvalue weighted by atomic mass is 10.1. The third-order valence-corrected chi connectivity index (χ3v) is 2.47. The number of rotatable bonds is 1. The summed E-state index contributed by atoms with van der Waals surface area (Å²) in [5.41, 5.74) is 0.963. The molecule has 1 aromatic carbocycles. The summed E-state index contributed by atoms with van der Waals surface area (Å²) >= 11 is 0. The molecule has 5 nitrogen and oxygen atoms in total. The molecule has 0 aromatic heterocycles. The number of hydrogen-bond acceptors (Lipinski definition) is 4. The van der Waals surface area contributed by atoms with E-state index in [1.54, 1.807) is 0 Å². The molecule has 6 heteroatoms. The monoisotopic (exact) mass is 243 g/mol. The summed E-state index contributed by atoms with van der Waals surface area (Å²) in [7, 11) is 0. The van der Waals surface area contributed by atoms with Gasteiger partial charge in [-0.1, -0.05) is 6.07 Å². The van der Waals surface area contributed by atoms with Crippen LogP contribution in [-0.2, 0) is 4.74 Å². The Morgan fingerprint density at radius 3 is 2.75 bits per heavy atom. The first-order valence-corrected chi connectivity index (χ1v) is 4.66. The number of carbonyl (C=O) groups excluding carboxylic acids is 1. The van der Waals surface area contributed by atoms with E-state index in [2.05, 4.69) is 5.32 Å². The molecule has 2 aliphatic rings. The minimum absolute atomic E-state index is 0. The Balaban J connectivity index is 0.000000963. The lowest BCUT2D eigenvalue weighted by molar-refractivity contribution is 0.174. The molecule has 0 saturated carbocycles. The van der Waals surface area contributed by atoms with Crippen LogP contribution in [0.3, 0.4) is 0 Å². The summed E-state index contributed by atoms with van der Waals surface area (Å²) in [5, 5.41) is 2.70. The Kier molecular flexibility index (Phi) is 2.78. The third-order valence-electron chi connectivity index (χ3n) is 2.47. The summed E-state index contributed by atoms with van der Waals surface area (Å²) in [6, 6.07) is 5.50. The van der Waals surface area contributed by atoms with Gasteiger partial charge in [0.05, 0.1) is 6.04 Å². The van der Waals surface area contributed by atoms with E-state index >= 15 is 0 Å². The zero-order valence-corrected chi connectivity index (χ0v) is 9.08. The van der Waals surface area contributed by atoms with Crippen LogP contribution in [0.25, 0.3) is 0 Å². The van der Waals surface area contributed by atoms with Crippen molar-refractivity contribution in [3.63, 3.8) is 0 Å². The van der Waals surface area contributed by atoms with Gasteiger partial charge >= 0.3 is 6.09 Å².